The van der Waals surface area contributed by atoms with Crippen LogP contribution in [0.2, 0.25) is 0 Å². The molecule has 3 rings (SSSR count). The molecule has 9 heteroatoms. The number of nitrogens with two attached hydrogens (primary N) is 1. The van der Waals surface area contributed by atoms with E-state index in [2.05, 4.69) is 23.5 Å². The normalized spacial score (nSPS) is 15.9. The summed E-state index contributed by atoms with van der Waals surface area (Å²) in [4.78, 5) is 9.82. The molecule has 1 saturated heterocycles. The number of nitrogens with one attached hydrogen (secondary N) is 1. The molecule has 34 heavy (non-hydrogen) atoms. The first-order valence-electron chi connectivity index (χ1n) is 11.1. The first-order chi connectivity index (χ1) is 16.1. The Bertz CT molecular complexity index is 1110. The van der Waals surface area contributed by atoms with Gasteiger partial charge in [0.25, 0.3) is 0 Å². The molecule has 0 aliphatic carbocycles. The van der Waals surface area contributed by atoms with Crippen LogP contribution >= 0.6 is 0 Å². The fraction of sp³-hybridized carbons (Fsp3) is 0.400. The maximum Gasteiger partial charge on any atom is 0.419 e. The first kappa shape index (κ1) is 25.3. The lowest BCUT2D eigenvalue weighted by atomic mass is 9.85. The molecule has 0 radical (unpaired) electrons. The van der Waals surface area contributed by atoms with E-state index in [0.29, 0.717) is 36.5 Å². The van der Waals surface area contributed by atoms with Gasteiger partial charge in [-0.05, 0) is 60.1 Å². The molecule has 0 amide bonds. The Kier molecular flexibility index (Phi) is 7.64. The van der Waals surface area contributed by atoms with E-state index >= 15 is 0 Å². The zero-order chi connectivity index (χ0) is 25.0. The van der Waals surface area contributed by atoms with Crippen molar-refractivity contribution in [1.82, 2.24) is 9.97 Å². The van der Waals surface area contributed by atoms with Crippen LogP contribution in [0.25, 0.3) is 5.57 Å². The van der Waals surface area contributed by atoms with Gasteiger partial charge in [0, 0.05) is 37.3 Å². The average Bonchev–Trinajstić information content (AvgIpc) is 2.80. The second kappa shape index (κ2) is 10.3. The van der Waals surface area contributed by atoms with Gasteiger partial charge in [0.05, 0.1) is 18.4 Å². The number of rotatable bonds is 7. The highest BCUT2D eigenvalue weighted by Gasteiger charge is 2.32. The minimum Gasteiger partial charge on any atom is -0.494 e. The van der Waals surface area contributed by atoms with Gasteiger partial charge in [-0.2, -0.15) is 13.2 Å². The molecule has 0 spiro atoms. The number of piperidine rings is 1. The number of nitrogen functional groups attached to an aromatic ring is 1. The maximum atomic E-state index is 12.9. The maximum absolute atomic E-state index is 12.9. The summed E-state index contributed by atoms with van der Waals surface area (Å²) in [6, 6.07) is 1.98. The van der Waals surface area contributed by atoms with E-state index in [1.54, 1.807) is 7.11 Å². The van der Waals surface area contributed by atoms with Crippen LogP contribution in [0.1, 0.15) is 54.9 Å². The zero-order valence-electron chi connectivity index (χ0n) is 19.7. The number of halogens is 3. The Morgan fingerprint density at radius 1 is 1.32 bits per heavy atom. The molecule has 0 bridgehead atoms. The largest absolute Gasteiger partial charge is 0.494 e. The molecule has 2 heterocycles. The van der Waals surface area contributed by atoms with Crippen molar-refractivity contribution >= 4 is 23.4 Å². The molecule has 1 aliphatic heterocycles. The Morgan fingerprint density at radius 2 is 2.00 bits per heavy atom. The summed E-state index contributed by atoms with van der Waals surface area (Å²) in [7, 11) is 1.55. The van der Waals surface area contributed by atoms with Crippen molar-refractivity contribution < 1.29 is 17.9 Å². The molecule has 0 atom stereocenters. The van der Waals surface area contributed by atoms with Crippen LogP contribution in [0.3, 0.4) is 0 Å². The third-order valence-electron chi connectivity index (χ3n) is 6.07. The van der Waals surface area contributed by atoms with Crippen LogP contribution in [0.5, 0.6) is 5.75 Å². The van der Waals surface area contributed by atoms with Gasteiger partial charge in [-0.25, -0.2) is 9.97 Å². The minimum absolute atomic E-state index is 0.241. The number of hydrogen-bond donors (Lipinski definition) is 2. The van der Waals surface area contributed by atoms with Crippen molar-refractivity contribution in [1.29, 1.82) is 5.41 Å². The Morgan fingerprint density at radius 3 is 2.56 bits per heavy atom. The second-order valence-corrected chi connectivity index (χ2v) is 8.35. The van der Waals surface area contributed by atoms with Crippen LogP contribution in [-0.2, 0) is 6.18 Å². The van der Waals surface area contributed by atoms with Gasteiger partial charge in [0.15, 0.2) is 0 Å². The molecule has 1 aromatic heterocycles. The fourth-order valence-corrected chi connectivity index (χ4v) is 4.23. The number of allylic oxidation sites excluding steroid dienone is 1. The van der Waals surface area contributed by atoms with E-state index in [0.717, 1.165) is 59.5 Å². The minimum atomic E-state index is -4.48. The number of alkyl halides is 3. The van der Waals surface area contributed by atoms with E-state index in [-0.39, 0.29) is 5.95 Å². The Labute approximate surface area is 197 Å². The van der Waals surface area contributed by atoms with E-state index in [1.165, 1.54) is 6.21 Å². The van der Waals surface area contributed by atoms with E-state index in [4.69, 9.17) is 15.9 Å². The summed E-state index contributed by atoms with van der Waals surface area (Å²) in [5.74, 6) is 0.787. The van der Waals surface area contributed by atoms with Crippen LogP contribution < -0.4 is 15.4 Å². The summed E-state index contributed by atoms with van der Waals surface area (Å²) in [5, 5.41) is 8.02. The summed E-state index contributed by atoms with van der Waals surface area (Å²) >= 11 is 0. The monoisotopic (exact) mass is 473 g/mol. The third kappa shape index (κ3) is 5.08. The molecule has 1 aromatic carbocycles. The summed E-state index contributed by atoms with van der Waals surface area (Å²) in [6.07, 6.45) is 1.65. The number of ether oxygens (including phenoxy) is 1. The summed E-state index contributed by atoms with van der Waals surface area (Å²) < 4.78 is 44.2. The van der Waals surface area contributed by atoms with Crippen LogP contribution in [0.15, 0.2) is 36.2 Å². The molecule has 1 fully saturated rings. The van der Waals surface area contributed by atoms with Gasteiger partial charge in [-0.1, -0.05) is 19.9 Å². The molecule has 3 N–H and O–H groups in total. The van der Waals surface area contributed by atoms with E-state index < -0.39 is 11.7 Å². The molecular formula is C25H30F3N5O. The topological polar surface area (TPSA) is 88.1 Å². The number of anilines is 2. The van der Waals surface area contributed by atoms with E-state index in [1.807, 2.05) is 17.9 Å². The standard InChI is InChI=1S/C25H30F3N5O/c1-5-6-7-18(19-10-16(3)23(34-4)22(30)20(19)11-29)21-14-33(9-8-15(21)2)24-31-12-17(13-32-24)25(26,27)28/h10-13,29H,2,5-9,14,30H2,1,3-4H3/b21-18+,29-11?. The highest BCUT2D eigenvalue weighted by Crippen LogP contribution is 2.40. The molecule has 182 valence electrons. The quantitative estimate of drug-likeness (QED) is 0.392. The van der Waals surface area contributed by atoms with Crippen molar-refractivity contribution in [3.63, 3.8) is 0 Å². The van der Waals surface area contributed by atoms with E-state index in [9.17, 15) is 13.2 Å². The third-order valence-corrected chi connectivity index (χ3v) is 6.07. The number of methoxy groups -OCH3 is 1. The number of unbranched alkanes of at least 4 members (excludes halogenated alkanes) is 1. The molecule has 0 unspecified atom stereocenters. The predicted octanol–water partition coefficient (Wildman–Crippen LogP) is 5.80. The highest BCUT2D eigenvalue weighted by atomic mass is 19.4. The summed E-state index contributed by atoms with van der Waals surface area (Å²) in [5.41, 5.74) is 11.1. The van der Waals surface area contributed by atoms with Crippen molar-refractivity contribution in [3.05, 3.63) is 58.4 Å². The molecule has 0 saturated carbocycles. The van der Waals surface area contributed by atoms with Crippen molar-refractivity contribution in [2.75, 3.05) is 30.8 Å². The van der Waals surface area contributed by atoms with Gasteiger partial charge in [0.1, 0.15) is 5.75 Å². The van der Waals surface area contributed by atoms with Crippen molar-refractivity contribution in [2.24, 2.45) is 0 Å². The van der Waals surface area contributed by atoms with Crippen LogP contribution in [0, 0.1) is 12.3 Å². The smallest absolute Gasteiger partial charge is 0.419 e. The van der Waals surface area contributed by atoms with Gasteiger partial charge < -0.3 is 20.8 Å². The molecule has 2 aromatic rings. The van der Waals surface area contributed by atoms with Gasteiger partial charge in [0.2, 0.25) is 5.95 Å². The van der Waals surface area contributed by atoms with Gasteiger partial charge in [-0.3, -0.25) is 0 Å². The SMILES string of the molecule is C=C1CCN(c2ncc(C(F)(F)F)cn2)C/C1=C(/CCCC)c1cc(C)c(OC)c(N)c1C=N. The number of aryl methyl sites for hydroxylation is 1. The Hall–Kier alpha value is -3.36. The van der Waals surface area contributed by atoms with Gasteiger partial charge in [-0.15, -0.1) is 0 Å². The highest BCUT2D eigenvalue weighted by molar-refractivity contribution is 5.96. The van der Waals surface area contributed by atoms with Crippen molar-refractivity contribution in [3.8, 4) is 5.75 Å². The lowest BCUT2D eigenvalue weighted by Gasteiger charge is -2.32. The molecule has 6 nitrogen and oxygen atoms in total. The zero-order valence-corrected chi connectivity index (χ0v) is 19.7. The fourth-order valence-electron chi connectivity index (χ4n) is 4.23. The number of hydrogen-bond acceptors (Lipinski definition) is 6. The van der Waals surface area contributed by atoms with Crippen LogP contribution in [0.4, 0.5) is 24.8 Å². The van der Waals surface area contributed by atoms with Gasteiger partial charge >= 0.3 is 6.18 Å². The van der Waals surface area contributed by atoms with Crippen molar-refractivity contribution in [2.45, 2.75) is 45.7 Å². The molecular weight excluding hydrogens is 443 g/mol. The number of nitrogens with zero attached hydrogens (tertiary/aromatic N) is 3. The molecule has 1 aliphatic rings. The lowest BCUT2D eigenvalue weighted by Crippen LogP contribution is -2.34. The number of aromatic nitrogens is 2. The second-order valence-electron chi connectivity index (χ2n) is 8.35. The Balaban J connectivity index is 2.10. The summed E-state index contributed by atoms with van der Waals surface area (Å²) in [6.45, 7) is 9.24. The average molecular weight is 474 g/mol. The lowest BCUT2D eigenvalue weighted by molar-refractivity contribution is -0.138. The number of benzene rings is 1. The van der Waals surface area contributed by atoms with Crippen LogP contribution in [-0.4, -0.2) is 36.4 Å². The first-order valence-corrected chi connectivity index (χ1v) is 11.1. The predicted molar refractivity (Wildman–Crippen MR) is 129 cm³/mol.